The average molecular weight is 496 g/mol. The van der Waals surface area contributed by atoms with Crippen molar-refractivity contribution < 1.29 is 27.4 Å². The minimum absolute atomic E-state index is 0.384. The van der Waals surface area contributed by atoms with Crippen molar-refractivity contribution in [3.63, 3.8) is 0 Å². The number of carbonyl (C=O) groups is 1. The van der Waals surface area contributed by atoms with E-state index in [1.54, 1.807) is 0 Å². The second kappa shape index (κ2) is 19.5. The normalized spacial score (nSPS) is 15.5. The zero-order valence-corrected chi connectivity index (χ0v) is 20.6. The summed E-state index contributed by atoms with van der Waals surface area (Å²) < 4.78 is 47.1. The molecule has 0 fully saturated rings. The molecular weight excluding hydrogens is 451 g/mol. The van der Waals surface area contributed by atoms with Crippen LogP contribution in [0.4, 0.5) is 18.0 Å². The van der Waals surface area contributed by atoms with Gasteiger partial charge in [0.2, 0.25) is 0 Å². The number of rotatable bonds is 21. The lowest BCUT2D eigenvalue weighted by molar-refractivity contribution is -0.0812. The highest BCUT2D eigenvalue weighted by Crippen LogP contribution is 2.20. The molecule has 1 rings (SSSR count). The molecular formula is C23H44F3N5O3. The van der Waals surface area contributed by atoms with Gasteiger partial charge in [0.05, 0.1) is 0 Å². The van der Waals surface area contributed by atoms with Crippen molar-refractivity contribution in [2.45, 2.75) is 116 Å². The van der Waals surface area contributed by atoms with Crippen LogP contribution >= 0.6 is 0 Å². The number of hydrazone groups is 1. The Kier molecular flexibility index (Phi) is 17.4. The highest BCUT2D eigenvalue weighted by atomic mass is 19.4. The number of unbranched alkanes of at least 4 members (excludes halogenated alkanes) is 13. The number of ether oxygens (including phenoxy) is 2. The van der Waals surface area contributed by atoms with E-state index in [1.165, 1.54) is 83.5 Å². The lowest BCUT2D eigenvalue weighted by Crippen LogP contribution is -2.53. The molecule has 34 heavy (non-hydrogen) atoms. The molecule has 0 saturated carbocycles. The third-order valence-electron chi connectivity index (χ3n) is 5.47. The van der Waals surface area contributed by atoms with E-state index in [-0.39, 0.29) is 0 Å². The second-order valence-corrected chi connectivity index (χ2v) is 8.63. The predicted molar refractivity (Wildman–Crippen MR) is 127 cm³/mol. The molecule has 1 heterocycles. The zero-order chi connectivity index (χ0) is 24.9. The Bertz CT molecular complexity index is 550. The minimum Gasteiger partial charge on any atom is -0.432 e. The van der Waals surface area contributed by atoms with E-state index in [0.29, 0.717) is 19.6 Å². The first-order valence-corrected chi connectivity index (χ1v) is 12.9. The van der Waals surface area contributed by atoms with E-state index in [1.807, 2.05) is 0 Å². The van der Waals surface area contributed by atoms with Gasteiger partial charge in [0.15, 0.2) is 0 Å². The number of hydrogen-bond acceptors (Lipinski definition) is 6. The Morgan fingerprint density at radius 1 is 0.912 bits per heavy atom. The maximum absolute atomic E-state index is 12.4. The van der Waals surface area contributed by atoms with Gasteiger partial charge in [-0.3, -0.25) is 10.9 Å². The molecule has 1 aliphatic heterocycles. The Balaban J connectivity index is 1.76. The molecule has 0 aromatic heterocycles. The quantitative estimate of drug-likeness (QED) is 0.125. The van der Waals surface area contributed by atoms with Crippen LogP contribution in [0, 0.1) is 0 Å². The maximum Gasteiger partial charge on any atom is 0.470 e. The van der Waals surface area contributed by atoms with Crippen LogP contribution in [-0.4, -0.2) is 44.2 Å². The summed E-state index contributed by atoms with van der Waals surface area (Å²) in [4.78, 5) is 11.6. The Hall–Kier alpha value is -1.75. The van der Waals surface area contributed by atoms with Gasteiger partial charge in [-0.2, -0.15) is 18.6 Å². The molecule has 1 aliphatic rings. The molecule has 2 amide bonds. The van der Waals surface area contributed by atoms with E-state index in [2.05, 4.69) is 38.4 Å². The first-order valence-electron chi connectivity index (χ1n) is 12.9. The first-order chi connectivity index (χ1) is 16.4. The summed E-state index contributed by atoms with van der Waals surface area (Å²) >= 11 is 0. The molecule has 1 unspecified atom stereocenters. The number of hydrogen-bond donors (Lipinski definition) is 4. The van der Waals surface area contributed by atoms with Gasteiger partial charge in [0.1, 0.15) is 0 Å². The second-order valence-electron chi connectivity index (χ2n) is 8.63. The van der Waals surface area contributed by atoms with Crippen LogP contribution in [0.5, 0.6) is 0 Å². The number of nitrogens with zero attached hydrogens (tertiary/aromatic N) is 1. The number of halogens is 3. The number of hydrazine groups is 1. The standard InChI is InChI=1S/C23H44F3N5O3/c1-2-3-4-5-6-7-8-9-10-11-12-13-14-15-18-33-19-16-17-27-21(32)29-31-22-30-28-20(34-22)23(24,25)26/h22,30-31H,2-19H2,1H3,(H2,27,29,32). The number of nitrogens with one attached hydrogen (secondary N) is 4. The molecule has 0 radical (unpaired) electrons. The molecule has 200 valence electrons. The summed E-state index contributed by atoms with van der Waals surface area (Å²) in [5, 5.41) is 5.56. The van der Waals surface area contributed by atoms with Crippen LogP contribution in [0.2, 0.25) is 0 Å². The van der Waals surface area contributed by atoms with Crippen molar-refractivity contribution in [2.75, 3.05) is 19.8 Å². The summed E-state index contributed by atoms with van der Waals surface area (Å²) in [6.45, 7) is 3.90. The number of carbonyl (C=O) groups excluding carboxylic acids is 1. The number of urea groups is 1. The van der Waals surface area contributed by atoms with Crippen molar-refractivity contribution in [3.8, 4) is 0 Å². The van der Waals surface area contributed by atoms with E-state index in [9.17, 15) is 18.0 Å². The summed E-state index contributed by atoms with van der Waals surface area (Å²) in [7, 11) is 0. The molecule has 0 aromatic rings. The molecule has 0 spiro atoms. The minimum atomic E-state index is -4.68. The molecule has 0 aliphatic carbocycles. The monoisotopic (exact) mass is 495 g/mol. The number of alkyl halides is 3. The van der Waals surface area contributed by atoms with Crippen LogP contribution in [0.15, 0.2) is 5.10 Å². The van der Waals surface area contributed by atoms with Gasteiger partial charge in [0.25, 0.3) is 6.35 Å². The predicted octanol–water partition coefficient (Wildman–Crippen LogP) is 5.46. The van der Waals surface area contributed by atoms with Gasteiger partial charge >= 0.3 is 18.1 Å². The smallest absolute Gasteiger partial charge is 0.432 e. The van der Waals surface area contributed by atoms with Gasteiger partial charge in [-0.05, 0) is 12.8 Å². The topological polar surface area (TPSA) is 96.0 Å². The van der Waals surface area contributed by atoms with Crippen LogP contribution in [0.1, 0.15) is 103 Å². The van der Waals surface area contributed by atoms with Gasteiger partial charge in [-0.25, -0.2) is 4.79 Å². The van der Waals surface area contributed by atoms with Crippen molar-refractivity contribution >= 4 is 11.9 Å². The van der Waals surface area contributed by atoms with Crippen LogP contribution in [0.25, 0.3) is 0 Å². The maximum atomic E-state index is 12.4. The van der Waals surface area contributed by atoms with E-state index >= 15 is 0 Å². The molecule has 0 bridgehead atoms. The highest BCUT2D eigenvalue weighted by Gasteiger charge is 2.42. The van der Waals surface area contributed by atoms with E-state index in [0.717, 1.165) is 13.0 Å². The summed E-state index contributed by atoms with van der Waals surface area (Å²) in [5.74, 6) is -1.40. The van der Waals surface area contributed by atoms with Crippen molar-refractivity contribution in [1.29, 1.82) is 0 Å². The average Bonchev–Trinajstić information content (AvgIpc) is 3.29. The van der Waals surface area contributed by atoms with Crippen molar-refractivity contribution in [2.24, 2.45) is 5.10 Å². The van der Waals surface area contributed by atoms with Gasteiger partial charge < -0.3 is 14.8 Å². The van der Waals surface area contributed by atoms with Crippen LogP contribution in [-0.2, 0) is 9.47 Å². The zero-order valence-electron chi connectivity index (χ0n) is 20.6. The fourth-order valence-corrected chi connectivity index (χ4v) is 3.53. The number of amides is 2. The Labute approximate surface area is 202 Å². The largest absolute Gasteiger partial charge is 0.470 e. The third kappa shape index (κ3) is 16.8. The first kappa shape index (κ1) is 30.3. The summed E-state index contributed by atoms with van der Waals surface area (Å²) in [6.07, 6.45) is 13.2. The van der Waals surface area contributed by atoms with Crippen LogP contribution in [0.3, 0.4) is 0 Å². The Morgan fingerprint density at radius 2 is 1.44 bits per heavy atom. The van der Waals surface area contributed by atoms with E-state index in [4.69, 9.17) is 4.74 Å². The van der Waals surface area contributed by atoms with Gasteiger partial charge in [0, 0.05) is 19.8 Å². The SMILES string of the molecule is CCCCCCCCCCCCCCCCOCCCNC(=O)NNC1NN=C(C(F)(F)F)O1. The Morgan fingerprint density at radius 3 is 1.97 bits per heavy atom. The van der Waals surface area contributed by atoms with Gasteiger partial charge in [-0.1, -0.05) is 90.4 Å². The fourth-order valence-electron chi connectivity index (χ4n) is 3.53. The molecule has 0 saturated heterocycles. The lowest BCUT2D eigenvalue weighted by atomic mass is 10.0. The molecule has 1 atom stereocenters. The van der Waals surface area contributed by atoms with E-state index < -0.39 is 24.5 Å². The van der Waals surface area contributed by atoms with Crippen molar-refractivity contribution in [1.82, 2.24) is 21.6 Å². The van der Waals surface area contributed by atoms with Crippen LogP contribution < -0.4 is 21.6 Å². The van der Waals surface area contributed by atoms with Gasteiger partial charge in [-0.15, -0.1) is 5.10 Å². The third-order valence-corrected chi connectivity index (χ3v) is 5.47. The van der Waals surface area contributed by atoms with Crippen molar-refractivity contribution in [3.05, 3.63) is 0 Å². The highest BCUT2D eigenvalue weighted by molar-refractivity contribution is 5.82. The molecule has 0 aromatic carbocycles. The summed E-state index contributed by atoms with van der Waals surface area (Å²) in [6, 6.07) is -0.585. The summed E-state index contributed by atoms with van der Waals surface area (Å²) in [5.41, 5.74) is 6.51. The lowest BCUT2D eigenvalue weighted by Gasteiger charge is -2.14. The molecule has 11 heteroatoms. The molecule has 8 nitrogen and oxygen atoms in total. The molecule has 4 N–H and O–H groups in total. The fraction of sp³-hybridized carbons (Fsp3) is 0.913.